The minimum Gasteiger partial charge on any atom is -0.360 e. The molecule has 2 unspecified atom stereocenters. The number of carbonyl (C=O) groups is 2. The lowest BCUT2D eigenvalue weighted by molar-refractivity contribution is -0.141. The molecule has 2 heterocycles. The second kappa shape index (κ2) is 5.71. The molecule has 1 aliphatic heterocycles. The molecular weight excluding hydrogens is 288 g/mol. The van der Waals surface area contributed by atoms with Crippen molar-refractivity contribution in [3.63, 3.8) is 0 Å². The highest BCUT2D eigenvalue weighted by atomic mass is 32.1. The van der Waals surface area contributed by atoms with E-state index in [1.807, 2.05) is 6.92 Å². The number of imide groups is 1. The fourth-order valence-electron chi connectivity index (χ4n) is 3.36. The SMILES string of the molecule is CCNc1nnc(CN2C(=O)C3CC(CC)CC3C2=O)s1. The fraction of sp³-hybridized carbons (Fsp3) is 0.714. The number of nitrogens with one attached hydrogen (secondary N) is 1. The van der Waals surface area contributed by atoms with E-state index >= 15 is 0 Å². The van der Waals surface area contributed by atoms with Gasteiger partial charge in [-0.2, -0.15) is 0 Å². The first-order valence-corrected chi connectivity index (χ1v) is 8.37. The zero-order chi connectivity index (χ0) is 15.0. The lowest BCUT2D eigenvalue weighted by atomic mass is 10.00. The first kappa shape index (κ1) is 14.4. The van der Waals surface area contributed by atoms with E-state index in [2.05, 4.69) is 22.4 Å². The molecule has 1 aromatic heterocycles. The Morgan fingerprint density at radius 3 is 2.43 bits per heavy atom. The first-order chi connectivity index (χ1) is 10.1. The Morgan fingerprint density at radius 2 is 1.86 bits per heavy atom. The van der Waals surface area contributed by atoms with Crippen LogP contribution in [0.3, 0.4) is 0 Å². The zero-order valence-corrected chi connectivity index (χ0v) is 13.2. The van der Waals surface area contributed by atoms with Crippen LogP contribution in [0.1, 0.15) is 38.1 Å². The smallest absolute Gasteiger partial charge is 0.233 e. The summed E-state index contributed by atoms with van der Waals surface area (Å²) in [5, 5.41) is 12.6. The molecular formula is C14H20N4O2S. The molecule has 21 heavy (non-hydrogen) atoms. The number of hydrogen-bond donors (Lipinski definition) is 1. The molecule has 1 N–H and O–H groups in total. The van der Waals surface area contributed by atoms with E-state index in [0.717, 1.165) is 30.9 Å². The van der Waals surface area contributed by atoms with Crippen LogP contribution in [0.5, 0.6) is 0 Å². The lowest BCUT2D eigenvalue weighted by Gasteiger charge is -2.15. The van der Waals surface area contributed by atoms with E-state index in [9.17, 15) is 9.59 Å². The fourth-order valence-corrected chi connectivity index (χ4v) is 4.16. The Hall–Kier alpha value is -1.50. The third-order valence-electron chi connectivity index (χ3n) is 4.49. The highest BCUT2D eigenvalue weighted by Crippen LogP contribution is 2.44. The van der Waals surface area contributed by atoms with Gasteiger partial charge in [-0.05, 0) is 25.7 Å². The summed E-state index contributed by atoms with van der Waals surface area (Å²) in [6.07, 6.45) is 2.78. The summed E-state index contributed by atoms with van der Waals surface area (Å²) in [6, 6.07) is 0. The molecule has 1 aromatic rings. The van der Waals surface area contributed by atoms with Gasteiger partial charge in [0.25, 0.3) is 0 Å². The van der Waals surface area contributed by atoms with Gasteiger partial charge >= 0.3 is 0 Å². The maximum atomic E-state index is 12.4. The van der Waals surface area contributed by atoms with E-state index in [1.165, 1.54) is 16.2 Å². The van der Waals surface area contributed by atoms with Gasteiger partial charge in [-0.3, -0.25) is 14.5 Å². The van der Waals surface area contributed by atoms with Crippen LogP contribution in [0.15, 0.2) is 0 Å². The maximum absolute atomic E-state index is 12.4. The minimum absolute atomic E-state index is 0.0128. The van der Waals surface area contributed by atoms with Crippen molar-refractivity contribution in [1.82, 2.24) is 15.1 Å². The maximum Gasteiger partial charge on any atom is 0.233 e. The minimum atomic E-state index is -0.0939. The van der Waals surface area contributed by atoms with Gasteiger partial charge in [-0.15, -0.1) is 10.2 Å². The molecule has 7 heteroatoms. The predicted molar refractivity (Wildman–Crippen MR) is 79.6 cm³/mol. The van der Waals surface area contributed by atoms with Gasteiger partial charge in [0, 0.05) is 6.54 Å². The van der Waals surface area contributed by atoms with Crippen molar-refractivity contribution in [3.8, 4) is 0 Å². The predicted octanol–water partition coefficient (Wildman–Crippen LogP) is 1.89. The van der Waals surface area contributed by atoms with Crippen LogP contribution in [-0.2, 0) is 16.1 Å². The molecule has 6 nitrogen and oxygen atoms in total. The van der Waals surface area contributed by atoms with Gasteiger partial charge in [0.15, 0.2) is 0 Å². The number of aromatic nitrogens is 2. The molecule has 0 radical (unpaired) electrons. The number of rotatable bonds is 5. The van der Waals surface area contributed by atoms with Gasteiger partial charge in [0.2, 0.25) is 16.9 Å². The topological polar surface area (TPSA) is 75.2 Å². The van der Waals surface area contributed by atoms with Gasteiger partial charge in [-0.25, -0.2) is 0 Å². The summed E-state index contributed by atoms with van der Waals surface area (Å²) >= 11 is 1.40. The van der Waals surface area contributed by atoms with Crippen molar-refractivity contribution < 1.29 is 9.59 Å². The van der Waals surface area contributed by atoms with Gasteiger partial charge in [-0.1, -0.05) is 24.7 Å². The van der Waals surface area contributed by atoms with Crippen LogP contribution in [-0.4, -0.2) is 33.5 Å². The van der Waals surface area contributed by atoms with Gasteiger partial charge in [0.05, 0.1) is 18.4 Å². The molecule has 0 aromatic carbocycles. The number of anilines is 1. The van der Waals surface area contributed by atoms with E-state index in [0.29, 0.717) is 10.9 Å². The third kappa shape index (κ3) is 2.54. The molecule has 0 spiro atoms. The van der Waals surface area contributed by atoms with Crippen molar-refractivity contribution in [2.45, 2.75) is 39.7 Å². The van der Waals surface area contributed by atoms with Crippen LogP contribution in [0.2, 0.25) is 0 Å². The summed E-state index contributed by atoms with van der Waals surface area (Å²) in [4.78, 5) is 26.3. The summed E-state index contributed by atoms with van der Waals surface area (Å²) < 4.78 is 0. The van der Waals surface area contributed by atoms with E-state index < -0.39 is 0 Å². The van der Waals surface area contributed by atoms with E-state index in [1.54, 1.807) is 0 Å². The average molecular weight is 308 g/mol. The molecule has 1 saturated heterocycles. The Bertz CT molecular complexity index is 535. The molecule has 2 amide bonds. The highest BCUT2D eigenvalue weighted by Gasteiger charge is 2.52. The van der Waals surface area contributed by atoms with Crippen LogP contribution in [0, 0.1) is 17.8 Å². The molecule has 1 aliphatic carbocycles. The van der Waals surface area contributed by atoms with Crippen molar-refractivity contribution in [2.24, 2.45) is 17.8 Å². The number of nitrogens with zero attached hydrogens (tertiary/aromatic N) is 3. The Labute approximate surface area is 127 Å². The van der Waals surface area contributed by atoms with Gasteiger partial charge in [0.1, 0.15) is 5.01 Å². The van der Waals surface area contributed by atoms with Crippen molar-refractivity contribution in [2.75, 3.05) is 11.9 Å². The summed E-state index contributed by atoms with van der Waals surface area (Å²) in [6.45, 7) is 5.16. The first-order valence-electron chi connectivity index (χ1n) is 7.55. The number of hydrogen-bond acceptors (Lipinski definition) is 6. The molecule has 3 rings (SSSR count). The monoisotopic (exact) mass is 308 g/mol. The Balaban J connectivity index is 1.69. The third-order valence-corrected chi connectivity index (χ3v) is 5.36. The largest absolute Gasteiger partial charge is 0.360 e. The number of carbonyl (C=O) groups excluding carboxylic acids is 2. The number of amides is 2. The van der Waals surface area contributed by atoms with Crippen molar-refractivity contribution in [3.05, 3.63) is 5.01 Å². The van der Waals surface area contributed by atoms with Crippen LogP contribution >= 0.6 is 11.3 Å². The molecule has 2 aliphatic rings. The molecule has 2 atom stereocenters. The van der Waals surface area contributed by atoms with Crippen LogP contribution in [0.4, 0.5) is 5.13 Å². The number of fused-ring (bicyclic) bond motifs is 1. The molecule has 0 bridgehead atoms. The second-order valence-electron chi connectivity index (χ2n) is 5.75. The van der Waals surface area contributed by atoms with Crippen LogP contribution in [0.25, 0.3) is 0 Å². The number of likely N-dealkylation sites (tertiary alicyclic amines) is 1. The standard InChI is InChI=1S/C14H20N4O2S/c1-3-8-5-9-10(6-8)13(20)18(12(9)19)7-11-16-17-14(21-11)15-4-2/h8-10H,3-7H2,1-2H3,(H,15,17). The molecule has 1 saturated carbocycles. The highest BCUT2D eigenvalue weighted by molar-refractivity contribution is 7.15. The molecule has 2 fully saturated rings. The summed E-state index contributed by atoms with van der Waals surface area (Å²) in [7, 11) is 0. The average Bonchev–Trinajstić information content (AvgIpc) is 3.14. The van der Waals surface area contributed by atoms with Crippen LogP contribution < -0.4 is 5.32 Å². The quantitative estimate of drug-likeness (QED) is 0.841. The Morgan fingerprint density at radius 1 is 1.19 bits per heavy atom. The van der Waals surface area contributed by atoms with Crippen molar-refractivity contribution >= 4 is 28.3 Å². The van der Waals surface area contributed by atoms with Crippen molar-refractivity contribution in [1.29, 1.82) is 0 Å². The zero-order valence-electron chi connectivity index (χ0n) is 12.3. The lowest BCUT2D eigenvalue weighted by Crippen LogP contribution is -2.31. The van der Waals surface area contributed by atoms with E-state index in [-0.39, 0.29) is 30.2 Å². The Kier molecular flexibility index (Phi) is 3.93. The summed E-state index contributed by atoms with van der Waals surface area (Å²) in [5.74, 6) is 0.312. The second-order valence-corrected chi connectivity index (χ2v) is 6.81. The summed E-state index contributed by atoms with van der Waals surface area (Å²) in [5.41, 5.74) is 0. The van der Waals surface area contributed by atoms with E-state index in [4.69, 9.17) is 0 Å². The normalized spacial score (nSPS) is 28.3. The van der Waals surface area contributed by atoms with Gasteiger partial charge < -0.3 is 5.32 Å². The molecule has 114 valence electrons.